The number of ether oxygens (including phenoxy) is 1. The predicted molar refractivity (Wildman–Crippen MR) is 88.4 cm³/mol. The zero-order valence-corrected chi connectivity index (χ0v) is 12.9. The normalized spacial score (nSPS) is 10.7. The van der Waals surface area contributed by atoms with Crippen LogP contribution in [0.3, 0.4) is 0 Å². The van der Waals surface area contributed by atoms with Crippen molar-refractivity contribution in [1.82, 2.24) is 0 Å². The fourth-order valence-electron chi connectivity index (χ4n) is 2.39. The van der Waals surface area contributed by atoms with Gasteiger partial charge in [0, 0.05) is 6.07 Å². The molecule has 0 saturated heterocycles. The Labute approximate surface area is 133 Å². The molecule has 3 rings (SSSR count). The Morgan fingerprint density at radius 3 is 2.65 bits per heavy atom. The lowest BCUT2D eigenvalue weighted by Crippen LogP contribution is -2.07. The molecule has 0 saturated carbocycles. The van der Waals surface area contributed by atoms with Crippen molar-refractivity contribution in [2.75, 3.05) is 0 Å². The molecule has 0 spiro atoms. The first kappa shape index (κ1) is 14.9. The highest BCUT2D eigenvalue weighted by atomic mass is 16.5. The van der Waals surface area contributed by atoms with Crippen LogP contribution in [0, 0.1) is 11.3 Å². The predicted octanol–water partition coefficient (Wildman–Crippen LogP) is 4.12. The van der Waals surface area contributed by atoms with E-state index >= 15 is 0 Å². The Balaban J connectivity index is 2.19. The van der Waals surface area contributed by atoms with Crippen molar-refractivity contribution in [3.05, 3.63) is 64.3 Å². The second kappa shape index (κ2) is 5.98. The van der Waals surface area contributed by atoms with Gasteiger partial charge >= 0.3 is 0 Å². The molecule has 2 aromatic carbocycles. The minimum absolute atomic E-state index is 0.0153. The Bertz CT molecular complexity index is 964. The van der Waals surface area contributed by atoms with Crippen LogP contribution >= 0.6 is 0 Å². The topological polar surface area (TPSA) is 63.2 Å². The summed E-state index contributed by atoms with van der Waals surface area (Å²) >= 11 is 0. The van der Waals surface area contributed by atoms with Crippen molar-refractivity contribution in [2.45, 2.75) is 20.0 Å². The molecular weight excluding hydrogens is 290 g/mol. The van der Waals surface area contributed by atoms with Crippen molar-refractivity contribution in [1.29, 1.82) is 5.26 Å². The molecule has 0 aliphatic heterocycles. The van der Waals surface area contributed by atoms with Gasteiger partial charge in [0.15, 0.2) is 5.43 Å². The number of hydrogen-bond donors (Lipinski definition) is 0. The van der Waals surface area contributed by atoms with Gasteiger partial charge in [0.2, 0.25) is 0 Å². The van der Waals surface area contributed by atoms with Gasteiger partial charge in [-0.25, -0.2) is 0 Å². The van der Waals surface area contributed by atoms with Gasteiger partial charge in [-0.3, -0.25) is 4.79 Å². The van der Waals surface area contributed by atoms with Crippen LogP contribution in [-0.4, -0.2) is 6.10 Å². The molecule has 0 radical (unpaired) electrons. The quantitative estimate of drug-likeness (QED) is 0.730. The molecular formula is C19H15NO3. The summed E-state index contributed by atoms with van der Waals surface area (Å²) in [6, 6.07) is 15.7. The van der Waals surface area contributed by atoms with Gasteiger partial charge in [-0.1, -0.05) is 12.1 Å². The summed E-state index contributed by atoms with van der Waals surface area (Å²) in [7, 11) is 0. The standard InChI is InChI=1S/C19H15NO3/c1-12(2)22-17-6-4-3-5-14(17)19-10-16(21)15-9-13(11-20)7-8-18(15)23-19/h3-10,12H,1-2H3. The molecule has 0 unspecified atom stereocenters. The van der Waals surface area contributed by atoms with E-state index in [4.69, 9.17) is 14.4 Å². The smallest absolute Gasteiger partial charge is 0.193 e. The summed E-state index contributed by atoms with van der Waals surface area (Å²) in [6.07, 6.45) is 0.0153. The lowest BCUT2D eigenvalue weighted by molar-refractivity contribution is 0.243. The zero-order chi connectivity index (χ0) is 16.4. The Morgan fingerprint density at radius 2 is 1.91 bits per heavy atom. The molecule has 4 heteroatoms. The van der Waals surface area contributed by atoms with Gasteiger partial charge in [-0.2, -0.15) is 5.26 Å². The highest BCUT2D eigenvalue weighted by Crippen LogP contribution is 2.31. The van der Waals surface area contributed by atoms with E-state index in [2.05, 4.69) is 0 Å². The lowest BCUT2D eigenvalue weighted by Gasteiger charge is -2.13. The van der Waals surface area contributed by atoms with Crippen LogP contribution < -0.4 is 10.2 Å². The van der Waals surface area contributed by atoms with Crippen molar-refractivity contribution in [3.63, 3.8) is 0 Å². The number of fused-ring (bicyclic) bond motifs is 1. The molecule has 3 aromatic rings. The summed E-state index contributed by atoms with van der Waals surface area (Å²) in [5, 5.41) is 9.34. The van der Waals surface area contributed by atoms with Crippen molar-refractivity contribution in [2.24, 2.45) is 0 Å². The van der Waals surface area contributed by atoms with Crippen LogP contribution in [0.1, 0.15) is 19.4 Å². The molecule has 1 aromatic heterocycles. The molecule has 0 N–H and O–H groups in total. The van der Waals surface area contributed by atoms with Crippen LogP contribution in [0.2, 0.25) is 0 Å². The van der Waals surface area contributed by atoms with Crippen molar-refractivity contribution >= 4 is 11.0 Å². The van der Waals surface area contributed by atoms with Gasteiger partial charge < -0.3 is 9.15 Å². The van der Waals surface area contributed by atoms with Crippen LogP contribution in [0.4, 0.5) is 0 Å². The fraction of sp³-hybridized carbons (Fsp3) is 0.158. The average molecular weight is 305 g/mol. The molecule has 0 aliphatic carbocycles. The first-order valence-corrected chi connectivity index (χ1v) is 7.32. The Morgan fingerprint density at radius 1 is 1.13 bits per heavy atom. The summed E-state index contributed by atoms with van der Waals surface area (Å²) in [4.78, 5) is 12.4. The second-order valence-corrected chi connectivity index (χ2v) is 5.46. The third-order valence-corrected chi connectivity index (χ3v) is 3.37. The van der Waals surface area contributed by atoms with E-state index in [1.165, 1.54) is 6.07 Å². The maximum Gasteiger partial charge on any atom is 0.193 e. The van der Waals surface area contributed by atoms with E-state index in [-0.39, 0.29) is 11.5 Å². The molecule has 0 atom stereocenters. The summed E-state index contributed by atoms with van der Waals surface area (Å²) < 4.78 is 11.6. The summed E-state index contributed by atoms with van der Waals surface area (Å²) in [5.41, 5.74) is 1.43. The number of para-hydroxylation sites is 1. The third-order valence-electron chi connectivity index (χ3n) is 3.37. The summed E-state index contributed by atoms with van der Waals surface area (Å²) in [5.74, 6) is 1.11. The van der Waals surface area contributed by atoms with Crippen LogP contribution in [-0.2, 0) is 0 Å². The third kappa shape index (κ3) is 2.95. The minimum Gasteiger partial charge on any atom is -0.490 e. The van der Waals surface area contributed by atoms with E-state index < -0.39 is 0 Å². The van der Waals surface area contributed by atoms with E-state index in [0.29, 0.717) is 28.0 Å². The number of hydrogen-bond acceptors (Lipinski definition) is 4. The molecule has 0 aliphatic rings. The molecule has 4 nitrogen and oxygen atoms in total. The van der Waals surface area contributed by atoms with Crippen LogP contribution in [0.25, 0.3) is 22.3 Å². The van der Waals surface area contributed by atoms with E-state index in [0.717, 1.165) is 5.56 Å². The zero-order valence-electron chi connectivity index (χ0n) is 12.9. The molecule has 23 heavy (non-hydrogen) atoms. The van der Waals surface area contributed by atoms with Crippen molar-refractivity contribution in [3.8, 4) is 23.1 Å². The monoisotopic (exact) mass is 305 g/mol. The first-order chi connectivity index (χ1) is 11.1. The molecule has 0 fully saturated rings. The maximum absolute atomic E-state index is 12.4. The molecule has 1 heterocycles. The first-order valence-electron chi connectivity index (χ1n) is 7.32. The van der Waals surface area contributed by atoms with Crippen molar-refractivity contribution < 1.29 is 9.15 Å². The SMILES string of the molecule is CC(C)Oc1ccccc1-c1cc(=O)c2cc(C#N)ccc2o1. The lowest BCUT2D eigenvalue weighted by atomic mass is 10.1. The van der Waals surface area contributed by atoms with Gasteiger partial charge in [0.25, 0.3) is 0 Å². The number of nitrogens with zero attached hydrogens (tertiary/aromatic N) is 1. The second-order valence-electron chi connectivity index (χ2n) is 5.46. The highest BCUT2D eigenvalue weighted by Gasteiger charge is 2.12. The number of benzene rings is 2. The highest BCUT2D eigenvalue weighted by molar-refractivity contribution is 5.80. The minimum atomic E-state index is -0.183. The van der Waals surface area contributed by atoms with E-state index in [1.54, 1.807) is 18.2 Å². The Hall–Kier alpha value is -3.06. The molecule has 0 bridgehead atoms. The molecule has 114 valence electrons. The van der Waals surface area contributed by atoms with Gasteiger partial charge in [-0.15, -0.1) is 0 Å². The van der Waals surface area contributed by atoms with Gasteiger partial charge in [-0.05, 0) is 44.2 Å². The fourth-order valence-corrected chi connectivity index (χ4v) is 2.39. The van der Waals surface area contributed by atoms with Gasteiger partial charge in [0.05, 0.1) is 28.7 Å². The molecule has 0 amide bonds. The van der Waals surface area contributed by atoms with E-state index in [1.807, 2.05) is 44.2 Å². The van der Waals surface area contributed by atoms with Crippen LogP contribution in [0.15, 0.2) is 57.7 Å². The summed E-state index contributed by atoms with van der Waals surface area (Å²) in [6.45, 7) is 3.88. The van der Waals surface area contributed by atoms with Crippen LogP contribution in [0.5, 0.6) is 5.75 Å². The van der Waals surface area contributed by atoms with E-state index in [9.17, 15) is 4.79 Å². The van der Waals surface area contributed by atoms with Gasteiger partial charge in [0.1, 0.15) is 17.1 Å². The largest absolute Gasteiger partial charge is 0.490 e. The number of nitriles is 1. The Kier molecular flexibility index (Phi) is 3.86. The average Bonchev–Trinajstić information content (AvgIpc) is 2.54. The maximum atomic E-state index is 12.4. The number of rotatable bonds is 3.